The zero-order valence-corrected chi connectivity index (χ0v) is 14.1. The summed E-state index contributed by atoms with van der Waals surface area (Å²) in [5.74, 6) is 0.439. The lowest BCUT2D eigenvalue weighted by molar-refractivity contribution is -0.0498. The van der Waals surface area contributed by atoms with Crippen LogP contribution in [0.1, 0.15) is 6.92 Å². The van der Waals surface area contributed by atoms with Crippen LogP contribution in [0.15, 0.2) is 66.7 Å². The summed E-state index contributed by atoms with van der Waals surface area (Å²) in [6.07, 6.45) is 0. The van der Waals surface area contributed by atoms with Crippen LogP contribution in [0.2, 0.25) is 0 Å². The van der Waals surface area contributed by atoms with Crippen LogP contribution >= 0.6 is 0 Å². The van der Waals surface area contributed by atoms with Gasteiger partial charge in [0.25, 0.3) is 0 Å². The number of ether oxygens (including phenoxy) is 2. The minimum atomic E-state index is -2.87. The molecule has 0 aliphatic rings. The van der Waals surface area contributed by atoms with Crippen LogP contribution in [-0.2, 0) is 0 Å². The van der Waals surface area contributed by atoms with Crippen LogP contribution in [-0.4, -0.2) is 13.2 Å². The van der Waals surface area contributed by atoms with Crippen molar-refractivity contribution >= 4 is 0 Å². The summed E-state index contributed by atoms with van der Waals surface area (Å²) in [7, 11) is 0. The fourth-order valence-electron chi connectivity index (χ4n) is 2.65. The van der Waals surface area contributed by atoms with E-state index in [4.69, 9.17) is 4.74 Å². The first kappa shape index (κ1) is 17.9. The third kappa shape index (κ3) is 4.17. The molecule has 134 valence electrons. The van der Waals surface area contributed by atoms with Gasteiger partial charge in [-0.25, -0.2) is 4.39 Å². The molecule has 26 heavy (non-hydrogen) atoms. The average Bonchev–Trinajstić information content (AvgIpc) is 2.63. The second kappa shape index (κ2) is 7.95. The molecule has 0 aromatic heterocycles. The molecule has 3 aromatic rings. The van der Waals surface area contributed by atoms with E-state index in [2.05, 4.69) is 4.74 Å². The summed E-state index contributed by atoms with van der Waals surface area (Å²) in [4.78, 5) is 0. The molecule has 0 aliphatic carbocycles. The Morgan fingerprint density at radius 2 is 1.35 bits per heavy atom. The molecule has 0 amide bonds. The number of rotatable bonds is 6. The molecular weight excluding hydrogens is 341 g/mol. The second-order valence-corrected chi connectivity index (χ2v) is 5.55. The average molecular weight is 358 g/mol. The Balaban J connectivity index is 1.83. The molecule has 0 fully saturated rings. The van der Waals surface area contributed by atoms with E-state index < -0.39 is 6.61 Å². The van der Waals surface area contributed by atoms with Crippen molar-refractivity contribution in [2.75, 3.05) is 6.61 Å². The van der Waals surface area contributed by atoms with Gasteiger partial charge in [-0.05, 0) is 53.9 Å². The van der Waals surface area contributed by atoms with Crippen molar-refractivity contribution in [2.24, 2.45) is 0 Å². The van der Waals surface area contributed by atoms with Gasteiger partial charge < -0.3 is 9.47 Å². The molecule has 0 radical (unpaired) electrons. The van der Waals surface area contributed by atoms with Crippen molar-refractivity contribution in [2.45, 2.75) is 13.5 Å². The summed E-state index contributed by atoms with van der Waals surface area (Å²) in [6, 6.07) is 18.2. The van der Waals surface area contributed by atoms with Crippen LogP contribution in [0.4, 0.5) is 13.2 Å². The highest BCUT2D eigenvalue weighted by Crippen LogP contribution is 2.30. The van der Waals surface area contributed by atoms with E-state index in [0.29, 0.717) is 23.3 Å². The normalized spacial score (nSPS) is 10.8. The first-order valence-corrected chi connectivity index (χ1v) is 8.15. The lowest BCUT2D eigenvalue weighted by atomic mass is 9.99. The van der Waals surface area contributed by atoms with Gasteiger partial charge in [-0.1, -0.05) is 36.4 Å². The van der Waals surface area contributed by atoms with Gasteiger partial charge in [0.15, 0.2) is 0 Å². The molecule has 0 spiro atoms. The van der Waals surface area contributed by atoms with Crippen molar-refractivity contribution in [3.05, 3.63) is 72.5 Å². The lowest BCUT2D eigenvalue weighted by Gasteiger charge is -2.09. The fourth-order valence-corrected chi connectivity index (χ4v) is 2.65. The van der Waals surface area contributed by atoms with E-state index in [0.717, 1.165) is 11.3 Å². The van der Waals surface area contributed by atoms with E-state index in [-0.39, 0.29) is 11.6 Å². The van der Waals surface area contributed by atoms with Gasteiger partial charge in [0.05, 0.1) is 6.61 Å². The summed E-state index contributed by atoms with van der Waals surface area (Å²) in [6.45, 7) is -0.395. The highest BCUT2D eigenvalue weighted by molar-refractivity contribution is 5.71. The van der Waals surface area contributed by atoms with Crippen LogP contribution in [0.3, 0.4) is 0 Å². The quantitative estimate of drug-likeness (QED) is 0.525. The maximum Gasteiger partial charge on any atom is 0.387 e. The first-order chi connectivity index (χ1) is 12.6. The first-order valence-electron chi connectivity index (χ1n) is 8.15. The van der Waals surface area contributed by atoms with Crippen molar-refractivity contribution < 1.29 is 22.6 Å². The number of benzene rings is 3. The number of hydrogen-bond acceptors (Lipinski definition) is 2. The number of alkyl halides is 2. The maximum absolute atomic E-state index is 14.6. The van der Waals surface area contributed by atoms with Crippen LogP contribution in [0.5, 0.6) is 11.5 Å². The summed E-state index contributed by atoms with van der Waals surface area (Å²) >= 11 is 0. The summed E-state index contributed by atoms with van der Waals surface area (Å²) < 4.78 is 48.6. The molecule has 3 aromatic carbocycles. The van der Waals surface area contributed by atoms with Crippen molar-refractivity contribution in [3.8, 4) is 33.8 Å². The SMILES string of the molecule is CCOc1ccc(-c2ccc(-c3ccc(OC(F)F)cc3)cc2F)cc1. The van der Waals surface area contributed by atoms with Gasteiger partial charge in [-0.2, -0.15) is 8.78 Å². The minimum Gasteiger partial charge on any atom is -0.494 e. The zero-order chi connectivity index (χ0) is 18.5. The predicted octanol–water partition coefficient (Wildman–Crippen LogP) is 6.16. The molecule has 2 nitrogen and oxygen atoms in total. The summed E-state index contributed by atoms with van der Waals surface area (Å²) in [5.41, 5.74) is 2.59. The second-order valence-electron chi connectivity index (χ2n) is 5.55. The molecule has 0 atom stereocenters. The van der Waals surface area contributed by atoms with Gasteiger partial charge >= 0.3 is 6.61 Å². The van der Waals surface area contributed by atoms with E-state index in [1.807, 2.05) is 6.92 Å². The van der Waals surface area contributed by atoms with E-state index in [1.165, 1.54) is 18.2 Å². The van der Waals surface area contributed by atoms with Crippen molar-refractivity contribution in [3.63, 3.8) is 0 Å². The van der Waals surface area contributed by atoms with Crippen LogP contribution < -0.4 is 9.47 Å². The van der Waals surface area contributed by atoms with Crippen LogP contribution in [0.25, 0.3) is 22.3 Å². The predicted molar refractivity (Wildman–Crippen MR) is 95.1 cm³/mol. The third-order valence-electron chi connectivity index (χ3n) is 3.86. The Labute approximate surface area is 149 Å². The van der Waals surface area contributed by atoms with Gasteiger partial charge in [0.1, 0.15) is 17.3 Å². The molecule has 0 N–H and O–H groups in total. The van der Waals surface area contributed by atoms with Gasteiger partial charge in [-0.15, -0.1) is 0 Å². The lowest BCUT2D eigenvalue weighted by Crippen LogP contribution is -2.01. The Hall–Kier alpha value is -2.95. The highest BCUT2D eigenvalue weighted by Gasteiger charge is 2.09. The number of hydrogen-bond donors (Lipinski definition) is 0. The van der Waals surface area contributed by atoms with E-state index in [1.54, 1.807) is 48.5 Å². The molecule has 3 rings (SSSR count). The Morgan fingerprint density at radius 3 is 1.92 bits per heavy atom. The smallest absolute Gasteiger partial charge is 0.387 e. The van der Waals surface area contributed by atoms with E-state index in [9.17, 15) is 13.2 Å². The fraction of sp³-hybridized carbons (Fsp3) is 0.143. The molecule has 0 heterocycles. The van der Waals surface area contributed by atoms with Crippen molar-refractivity contribution in [1.29, 1.82) is 0 Å². The molecule has 0 unspecified atom stereocenters. The molecule has 0 saturated carbocycles. The van der Waals surface area contributed by atoms with Crippen LogP contribution in [0, 0.1) is 5.82 Å². The highest BCUT2D eigenvalue weighted by atomic mass is 19.3. The minimum absolute atomic E-state index is 0.0650. The molecule has 0 bridgehead atoms. The van der Waals surface area contributed by atoms with Gasteiger partial charge in [0, 0.05) is 5.56 Å². The largest absolute Gasteiger partial charge is 0.494 e. The maximum atomic E-state index is 14.6. The standard InChI is InChI=1S/C21H17F3O2/c1-2-25-17-8-5-15(6-9-17)19-12-7-16(13-20(19)22)14-3-10-18(11-4-14)26-21(23)24/h3-13,21H,2H2,1H3. The zero-order valence-electron chi connectivity index (χ0n) is 14.1. The molecule has 0 saturated heterocycles. The van der Waals surface area contributed by atoms with E-state index >= 15 is 0 Å². The third-order valence-corrected chi connectivity index (χ3v) is 3.86. The Morgan fingerprint density at radius 1 is 0.769 bits per heavy atom. The molecule has 5 heteroatoms. The summed E-state index contributed by atoms with van der Waals surface area (Å²) in [5, 5.41) is 0. The number of halogens is 3. The Bertz CT molecular complexity index is 859. The van der Waals surface area contributed by atoms with Gasteiger partial charge in [-0.3, -0.25) is 0 Å². The monoisotopic (exact) mass is 358 g/mol. The van der Waals surface area contributed by atoms with Crippen molar-refractivity contribution in [1.82, 2.24) is 0 Å². The molecular formula is C21H17F3O2. The Kier molecular flexibility index (Phi) is 5.46. The van der Waals surface area contributed by atoms with Gasteiger partial charge in [0.2, 0.25) is 0 Å². The molecule has 0 aliphatic heterocycles. The topological polar surface area (TPSA) is 18.5 Å².